The highest BCUT2D eigenvalue weighted by molar-refractivity contribution is 8.05. The van der Waals surface area contributed by atoms with Gasteiger partial charge in [-0.15, -0.1) is 0 Å². The maximum atomic E-state index is 13.5. The number of hydrogen-bond acceptors (Lipinski definition) is 4. The average Bonchev–Trinajstić information content (AvgIpc) is 3.13. The third-order valence-corrected chi connectivity index (χ3v) is 7.10. The highest BCUT2D eigenvalue weighted by Gasteiger charge is 2.41. The van der Waals surface area contributed by atoms with Crippen LogP contribution in [0.15, 0.2) is 83.4 Å². The van der Waals surface area contributed by atoms with Crippen molar-refractivity contribution in [2.24, 2.45) is 0 Å². The molecular weight excluding hydrogens is 466 g/mol. The molecule has 7 heteroatoms. The Labute approximate surface area is 208 Å². The highest BCUT2D eigenvalue weighted by atomic mass is 35.5. The van der Waals surface area contributed by atoms with Crippen molar-refractivity contribution in [2.45, 2.75) is 25.5 Å². The standard InChI is InChI=1S/C27H22ClN3O2S/c1-17-7-11-20(12-8-17)30-25(32)22(16-29)27-31(21-13-9-18(2)10-14-21)26(33)24(34-27)15-19-5-3-4-6-23(19)28/h3-14,24H,15H2,1-2H3,(H,30,32)/b27-22-/t24-/m0/s1. The van der Waals surface area contributed by atoms with Gasteiger partial charge in [-0.3, -0.25) is 14.5 Å². The molecule has 0 radical (unpaired) electrons. The molecule has 0 saturated carbocycles. The van der Waals surface area contributed by atoms with E-state index in [4.69, 9.17) is 11.6 Å². The first-order valence-corrected chi connectivity index (χ1v) is 12.0. The molecular formula is C27H22ClN3O2S. The molecule has 1 saturated heterocycles. The molecule has 0 bridgehead atoms. The van der Waals surface area contributed by atoms with Gasteiger partial charge in [-0.05, 0) is 56.2 Å². The molecule has 4 rings (SSSR count). The molecule has 1 atom stereocenters. The van der Waals surface area contributed by atoms with Crippen molar-refractivity contribution in [3.63, 3.8) is 0 Å². The number of nitriles is 1. The Kier molecular flexibility index (Phi) is 7.06. The number of benzene rings is 3. The van der Waals surface area contributed by atoms with E-state index in [1.54, 1.807) is 18.2 Å². The number of carbonyl (C=O) groups excluding carboxylic acids is 2. The predicted octanol–water partition coefficient (Wildman–Crippen LogP) is 6.02. The molecule has 1 aliphatic heterocycles. The second-order valence-corrected chi connectivity index (χ2v) is 9.62. The second-order valence-electron chi connectivity index (χ2n) is 8.02. The summed E-state index contributed by atoms with van der Waals surface area (Å²) in [5.41, 5.74) is 4.01. The third-order valence-electron chi connectivity index (χ3n) is 5.47. The average molecular weight is 488 g/mol. The summed E-state index contributed by atoms with van der Waals surface area (Å²) in [5.74, 6) is -0.753. The Morgan fingerprint density at radius 2 is 1.65 bits per heavy atom. The van der Waals surface area contributed by atoms with E-state index in [0.29, 0.717) is 27.8 Å². The summed E-state index contributed by atoms with van der Waals surface area (Å²) >= 11 is 7.55. The molecule has 1 fully saturated rings. The van der Waals surface area contributed by atoms with Crippen LogP contribution in [0, 0.1) is 25.2 Å². The summed E-state index contributed by atoms with van der Waals surface area (Å²) in [4.78, 5) is 28.1. The number of anilines is 2. The molecule has 3 aromatic carbocycles. The van der Waals surface area contributed by atoms with Crippen LogP contribution in [0.5, 0.6) is 0 Å². The van der Waals surface area contributed by atoms with Crippen LogP contribution in [-0.2, 0) is 16.0 Å². The lowest BCUT2D eigenvalue weighted by atomic mass is 10.1. The van der Waals surface area contributed by atoms with Crippen molar-refractivity contribution in [2.75, 3.05) is 10.2 Å². The number of rotatable bonds is 5. The summed E-state index contributed by atoms with van der Waals surface area (Å²) in [6.45, 7) is 3.91. The van der Waals surface area contributed by atoms with Crippen molar-refractivity contribution >= 4 is 46.6 Å². The van der Waals surface area contributed by atoms with Crippen LogP contribution < -0.4 is 10.2 Å². The fourth-order valence-corrected chi connectivity index (χ4v) is 5.12. The minimum atomic E-state index is -0.558. The van der Waals surface area contributed by atoms with Gasteiger partial charge in [0.15, 0.2) is 0 Å². The quantitative estimate of drug-likeness (QED) is 0.352. The van der Waals surface area contributed by atoms with Crippen LogP contribution in [-0.4, -0.2) is 17.1 Å². The summed E-state index contributed by atoms with van der Waals surface area (Å²) in [6, 6.07) is 24.1. The summed E-state index contributed by atoms with van der Waals surface area (Å²) in [5, 5.41) is 13.1. The van der Waals surface area contributed by atoms with Gasteiger partial charge in [-0.1, -0.05) is 77.0 Å². The number of carbonyl (C=O) groups is 2. The predicted molar refractivity (Wildman–Crippen MR) is 138 cm³/mol. The topological polar surface area (TPSA) is 73.2 Å². The van der Waals surface area contributed by atoms with Crippen molar-refractivity contribution in [3.8, 4) is 6.07 Å². The number of thioether (sulfide) groups is 1. The molecule has 0 aliphatic carbocycles. The van der Waals surface area contributed by atoms with Gasteiger partial charge in [0.05, 0.1) is 5.25 Å². The van der Waals surface area contributed by atoms with Crippen molar-refractivity contribution in [3.05, 3.63) is 105 Å². The first-order valence-electron chi connectivity index (χ1n) is 10.7. The largest absolute Gasteiger partial charge is 0.321 e. The van der Waals surface area contributed by atoms with E-state index in [9.17, 15) is 14.9 Å². The minimum Gasteiger partial charge on any atom is -0.321 e. The summed E-state index contributed by atoms with van der Waals surface area (Å²) in [7, 11) is 0. The van der Waals surface area contributed by atoms with Crippen LogP contribution in [0.1, 0.15) is 16.7 Å². The van der Waals surface area contributed by atoms with Gasteiger partial charge in [-0.25, -0.2) is 0 Å². The van der Waals surface area contributed by atoms with E-state index in [0.717, 1.165) is 16.7 Å². The van der Waals surface area contributed by atoms with Gasteiger partial charge in [0.1, 0.15) is 16.7 Å². The molecule has 1 heterocycles. The maximum Gasteiger partial charge on any atom is 0.269 e. The van der Waals surface area contributed by atoms with Gasteiger partial charge in [-0.2, -0.15) is 5.26 Å². The molecule has 0 spiro atoms. The lowest BCUT2D eigenvalue weighted by Crippen LogP contribution is -2.31. The Bertz CT molecular complexity index is 1310. The molecule has 0 unspecified atom stereocenters. The molecule has 0 aromatic heterocycles. The van der Waals surface area contributed by atoms with Crippen molar-refractivity contribution in [1.29, 1.82) is 5.26 Å². The molecule has 2 amide bonds. The van der Waals surface area contributed by atoms with E-state index in [-0.39, 0.29) is 11.5 Å². The number of hydrogen-bond donors (Lipinski definition) is 1. The fourth-order valence-electron chi connectivity index (χ4n) is 3.61. The lowest BCUT2D eigenvalue weighted by Gasteiger charge is -2.19. The van der Waals surface area contributed by atoms with Gasteiger partial charge in [0.25, 0.3) is 5.91 Å². The van der Waals surface area contributed by atoms with Crippen molar-refractivity contribution < 1.29 is 9.59 Å². The second kappa shape index (κ2) is 10.2. The van der Waals surface area contributed by atoms with Gasteiger partial charge >= 0.3 is 0 Å². The SMILES string of the molecule is Cc1ccc(NC(=O)/C(C#N)=C2\S[C@@H](Cc3ccccc3Cl)C(=O)N2c2ccc(C)cc2)cc1. The monoisotopic (exact) mass is 487 g/mol. The zero-order valence-electron chi connectivity index (χ0n) is 18.7. The zero-order chi connectivity index (χ0) is 24.2. The first kappa shape index (κ1) is 23.6. The van der Waals surface area contributed by atoms with E-state index < -0.39 is 11.2 Å². The van der Waals surface area contributed by atoms with Gasteiger partial charge in [0, 0.05) is 16.4 Å². The van der Waals surface area contributed by atoms with Crippen LogP contribution in [0.2, 0.25) is 5.02 Å². The molecule has 5 nitrogen and oxygen atoms in total. The fraction of sp³-hybridized carbons (Fsp3) is 0.148. The Hall–Kier alpha value is -3.53. The molecule has 170 valence electrons. The third kappa shape index (κ3) is 5.01. The van der Waals surface area contributed by atoms with Crippen LogP contribution in [0.3, 0.4) is 0 Å². The van der Waals surface area contributed by atoms with Gasteiger partial charge < -0.3 is 5.32 Å². The van der Waals surface area contributed by atoms with Crippen LogP contribution in [0.4, 0.5) is 11.4 Å². The molecule has 3 aromatic rings. The molecule has 1 N–H and O–H groups in total. The van der Waals surface area contributed by atoms with E-state index in [1.165, 1.54) is 16.7 Å². The van der Waals surface area contributed by atoms with Gasteiger partial charge in [0.2, 0.25) is 5.91 Å². The van der Waals surface area contributed by atoms with Crippen molar-refractivity contribution in [1.82, 2.24) is 0 Å². The molecule has 1 aliphatic rings. The highest BCUT2D eigenvalue weighted by Crippen LogP contribution is 2.42. The molecule has 34 heavy (non-hydrogen) atoms. The maximum absolute atomic E-state index is 13.5. The smallest absolute Gasteiger partial charge is 0.269 e. The summed E-state index contributed by atoms with van der Waals surface area (Å²) in [6.07, 6.45) is 0.382. The Morgan fingerprint density at radius 1 is 1.03 bits per heavy atom. The normalized spacial score (nSPS) is 16.8. The number of amides is 2. The number of nitrogens with zero attached hydrogens (tertiary/aromatic N) is 2. The van der Waals surface area contributed by atoms with E-state index in [1.807, 2.05) is 74.5 Å². The van der Waals surface area contributed by atoms with E-state index in [2.05, 4.69) is 5.32 Å². The van der Waals surface area contributed by atoms with E-state index >= 15 is 0 Å². The summed E-state index contributed by atoms with van der Waals surface area (Å²) < 4.78 is 0. The van der Waals surface area contributed by atoms with Crippen LogP contribution >= 0.6 is 23.4 Å². The lowest BCUT2D eigenvalue weighted by molar-refractivity contribution is -0.117. The first-order chi connectivity index (χ1) is 16.4. The number of aryl methyl sites for hydroxylation is 2. The number of nitrogens with one attached hydrogen (secondary N) is 1. The Morgan fingerprint density at radius 3 is 2.26 bits per heavy atom. The minimum absolute atomic E-state index is 0.110. The Balaban J connectivity index is 1.73. The zero-order valence-corrected chi connectivity index (χ0v) is 20.3. The van der Waals surface area contributed by atoms with Crippen LogP contribution in [0.25, 0.3) is 0 Å². The number of halogens is 1.